The molecule has 2 rings (SSSR count). The van der Waals surface area contributed by atoms with Crippen molar-refractivity contribution in [2.45, 2.75) is 38.5 Å². The summed E-state index contributed by atoms with van der Waals surface area (Å²) >= 11 is 0. The monoisotopic (exact) mass is 300 g/mol. The summed E-state index contributed by atoms with van der Waals surface area (Å²) in [7, 11) is 0. The third-order valence-electron chi connectivity index (χ3n) is 3.81. The van der Waals surface area contributed by atoms with Crippen LogP contribution in [0.15, 0.2) is 24.3 Å². The van der Waals surface area contributed by atoms with Crippen LogP contribution in [-0.2, 0) is 11.0 Å². The van der Waals surface area contributed by atoms with Crippen LogP contribution in [0.4, 0.5) is 13.2 Å². The molecule has 3 unspecified atom stereocenters. The van der Waals surface area contributed by atoms with E-state index in [0.29, 0.717) is 12.5 Å². The number of hydrogen-bond acceptors (Lipinski definition) is 2. The van der Waals surface area contributed by atoms with Gasteiger partial charge < -0.3 is 10.6 Å². The van der Waals surface area contributed by atoms with E-state index in [1.165, 1.54) is 12.1 Å². The quantitative estimate of drug-likeness (QED) is 0.912. The third-order valence-corrected chi connectivity index (χ3v) is 3.81. The van der Waals surface area contributed by atoms with Crippen molar-refractivity contribution in [3.8, 4) is 0 Å². The van der Waals surface area contributed by atoms with Crippen LogP contribution in [0.2, 0.25) is 0 Å². The first-order chi connectivity index (χ1) is 9.70. The van der Waals surface area contributed by atoms with E-state index in [4.69, 9.17) is 5.73 Å². The van der Waals surface area contributed by atoms with Gasteiger partial charge in [-0.1, -0.05) is 19.1 Å². The number of amides is 1. The molecule has 0 radical (unpaired) electrons. The van der Waals surface area contributed by atoms with Crippen LogP contribution in [-0.4, -0.2) is 23.4 Å². The van der Waals surface area contributed by atoms with Crippen molar-refractivity contribution >= 4 is 5.91 Å². The molecule has 1 aromatic rings. The normalized spacial score (nSPS) is 24.2. The highest BCUT2D eigenvalue weighted by molar-refractivity contribution is 5.82. The summed E-state index contributed by atoms with van der Waals surface area (Å²) < 4.78 is 37.8. The van der Waals surface area contributed by atoms with Gasteiger partial charge >= 0.3 is 6.18 Å². The van der Waals surface area contributed by atoms with Crippen molar-refractivity contribution < 1.29 is 18.0 Å². The van der Waals surface area contributed by atoms with Crippen LogP contribution in [0, 0.1) is 5.92 Å². The van der Waals surface area contributed by atoms with E-state index in [-0.39, 0.29) is 11.9 Å². The van der Waals surface area contributed by atoms with E-state index in [0.717, 1.165) is 24.1 Å². The lowest BCUT2D eigenvalue weighted by molar-refractivity contribution is -0.137. The standard InChI is InChI=1S/C15H19F3N2O/c1-9-7-13(20(8-9)14(21)10(2)19)11-3-5-12(6-4-11)15(16,17)18/h3-6,9-10,13H,7-8,19H2,1-2H3. The van der Waals surface area contributed by atoms with Crippen LogP contribution >= 0.6 is 0 Å². The van der Waals surface area contributed by atoms with Crippen molar-refractivity contribution in [1.29, 1.82) is 0 Å². The van der Waals surface area contributed by atoms with E-state index in [1.807, 2.05) is 6.92 Å². The molecule has 3 atom stereocenters. The van der Waals surface area contributed by atoms with Crippen molar-refractivity contribution in [2.75, 3.05) is 6.54 Å². The number of benzene rings is 1. The Kier molecular flexibility index (Phi) is 4.27. The second kappa shape index (κ2) is 5.67. The summed E-state index contributed by atoms with van der Waals surface area (Å²) in [5.74, 6) is 0.143. The minimum Gasteiger partial charge on any atom is -0.334 e. The van der Waals surface area contributed by atoms with Gasteiger partial charge in [0.1, 0.15) is 0 Å². The fourth-order valence-electron chi connectivity index (χ4n) is 2.76. The van der Waals surface area contributed by atoms with Crippen LogP contribution in [0.5, 0.6) is 0 Å². The molecular formula is C15H19F3N2O. The average molecular weight is 300 g/mol. The van der Waals surface area contributed by atoms with Gasteiger partial charge in [-0.3, -0.25) is 4.79 Å². The highest BCUT2D eigenvalue weighted by atomic mass is 19.4. The molecular weight excluding hydrogens is 281 g/mol. The first-order valence-corrected chi connectivity index (χ1v) is 6.93. The highest BCUT2D eigenvalue weighted by Gasteiger charge is 2.36. The van der Waals surface area contributed by atoms with Crippen molar-refractivity contribution in [3.05, 3.63) is 35.4 Å². The molecule has 6 heteroatoms. The van der Waals surface area contributed by atoms with E-state index < -0.39 is 17.8 Å². The van der Waals surface area contributed by atoms with Crippen LogP contribution in [0.25, 0.3) is 0 Å². The Morgan fingerprint density at radius 2 is 1.90 bits per heavy atom. The predicted octanol–water partition coefficient (Wildman–Crippen LogP) is 2.96. The lowest BCUT2D eigenvalue weighted by Crippen LogP contribution is -2.41. The summed E-state index contributed by atoms with van der Waals surface area (Å²) in [5, 5.41) is 0. The van der Waals surface area contributed by atoms with Crippen molar-refractivity contribution in [1.82, 2.24) is 4.90 Å². The van der Waals surface area contributed by atoms with Crippen molar-refractivity contribution in [2.24, 2.45) is 11.7 Å². The summed E-state index contributed by atoms with van der Waals surface area (Å²) in [6.45, 7) is 4.23. The molecule has 1 fully saturated rings. The second-order valence-electron chi connectivity index (χ2n) is 5.76. The average Bonchev–Trinajstić information content (AvgIpc) is 2.79. The Hall–Kier alpha value is -1.56. The minimum atomic E-state index is -4.34. The summed E-state index contributed by atoms with van der Waals surface area (Å²) in [6, 6.07) is 4.23. The molecule has 0 spiro atoms. The summed E-state index contributed by atoms with van der Waals surface area (Å²) in [6.07, 6.45) is -3.60. The topological polar surface area (TPSA) is 46.3 Å². The maximum Gasteiger partial charge on any atom is 0.416 e. The van der Waals surface area contributed by atoms with E-state index >= 15 is 0 Å². The van der Waals surface area contributed by atoms with Crippen LogP contribution < -0.4 is 5.73 Å². The second-order valence-corrected chi connectivity index (χ2v) is 5.76. The molecule has 116 valence electrons. The van der Waals surface area contributed by atoms with Gasteiger partial charge in [0.05, 0.1) is 17.6 Å². The van der Waals surface area contributed by atoms with E-state index in [2.05, 4.69) is 0 Å². The molecule has 1 heterocycles. The number of carbonyl (C=O) groups is 1. The Labute approximate surface area is 121 Å². The molecule has 3 nitrogen and oxygen atoms in total. The van der Waals surface area contributed by atoms with Gasteiger partial charge in [-0.25, -0.2) is 0 Å². The third kappa shape index (κ3) is 3.37. The maximum absolute atomic E-state index is 12.6. The van der Waals surface area contributed by atoms with Crippen LogP contribution in [0.3, 0.4) is 0 Å². The van der Waals surface area contributed by atoms with Gasteiger partial charge in [-0.05, 0) is 37.0 Å². The van der Waals surface area contributed by atoms with Crippen LogP contribution in [0.1, 0.15) is 37.4 Å². The molecule has 1 amide bonds. The van der Waals surface area contributed by atoms with E-state index in [9.17, 15) is 18.0 Å². The van der Waals surface area contributed by atoms with Gasteiger partial charge in [0, 0.05) is 6.54 Å². The Morgan fingerprint density at radius 1 is 1.33 bits per heavy atom. The number of likely N-dealkylation sites (tertiary alicyclic amines) is 1. The predicted molar refractivity (Wildman–Crippen MR) is 73.3 cm³/mol. The van der Waals surface area contributed by atoms with Gasteiger partial charge in [-0.2, -0.15) is 13.2 Å². The summed E-state index contributed by atoms with van der Waals surface area (Å²) in [5.41, 5.74) is 5.69. The number of carbonyl (C=O) groups excluding carboxylic acids is 1. The lowest BCUT2D eigenvalue weighted by atomic mass is 9.99. The summed E-state index contributed by atoms with van der Waals surface area (Å²) in [4.78, 5) is 13.8. The van der Waals surface area contributed by atoms with Gasteiger partial charge in [0.2, 0.25) is 5.91 Å². The smallest absolute Gasteiger partial charge is 0.334 e. The first kappa shape index (κ1) is 15.8. The van der Waals surface area contributed by atoms with Gasteiger partial charge in [-0.15, -0.1) is 0 Å². The Morgan fingerprint density at radius 3 is 2.38 bits per heavy atom. The van der Waals surface area contributed by atoms with Crippen molar-refractivity contribution in [3.63, 3.8) is 0 Å². The first-order valence-electron chi connectivity index (χ1n) is 6.93. The zero-order valence-corrected chi connectivity index (χ0v) is 12.0. The molecule has 2 N–H and O–H groups in total. The zero-order chi connectivity index (χ0) is 15.8. The maximum atomic E-state index is 12.6. The lowest BCUT2D eigenvalue weighted by Gasteiger charge is -2.26. The number of nitrogens with two attached hydrogens (primary N) is 1. The molecule has 21 heavy (non-hydrogen) atoms. The molecule has 1 saturated heterocycles. The van der Waals surface area contributed by atoms with Gasteiger partial charge in [0.15, 0.2) is 0 Å². The Balaban J connectivity index is 2.25. The molecule has 1 aromatic carbocycles. The largest absolute Gasteiger partial charge is 0.416 e. The molecule has 0 aromatic heterocycles. The number of halogens is 3. The number of alkyl halides is 3. The highest BCUT2D eigenvalue weighted by Crippen LogP contribution is 2.37. The Bertz CT molecular complexity index is 511. The molecule has 0 aliphatic carbocycles. The zero-order valence-electron chi connectivity index (χ0n) is 12.0. The number of hydrogen-bond donors (Lipinski definition) is 1. The number of rotatable bonds is 2. The molecule has 1 aliphatic rings. The minimum absolute atomic E-state index is 0.163. The fraction of sp³-hybridized carbons (Fsp3) is 0.533. The molecule has 1 aliphatic heterocycles. The number of nitrogens with zero attached hydrogens (tertiary/aromatic N) is 1. The molecule has 0 bridgehead atoms. The fourth-order valence-corrected chi connectivity index (χ4v) is 2.76. The molecule has 0 saturated carbocycles. The van der Waals surface area contributed by atoms with E-state index in [1.54, 1.807) is 11.8 Å². The SMILES string of the molecule is CC1CC(c2ccc(C(F)(F)F)cc2)N(C(=O)C(C)N)C1. The van der Waals surface area contributed by atoms with Gasteiger partial charge in [0.25, 0.3) is 0 Å².